The Hall–Kier alpha value is -1.49. The zero-order valence-electron chi connectivity index (χ0n) is 7.99. The van der Waals surface area contributed by atoms with E-state index in [1.807, 2.05) is 0 Å². The molecule has 0 spiro atoms. The number of aromatic nitrogens is 2. The molecule has 2 radical (unpaired) electrons. The van der Waals surface area contributed by atoms with Crippen LogP contribution in [0.15, 0.2) is 12.1 Å². The summed E-state index contributed by atoms with van der Waals surface area (Å²) in [6, 6.07) is 3.38. The molecule has 1 heterocycles. The molecule has 6 heteroatoms. The normalized spacial score (nSPS) is 10.5. The van der Waals surface area contributed by atoms with Gasteiger partial charge in [0, 0.05) is 5.39 Å². The average Bonchev–Trinajstić information content (AvgIpc) is 2.19. The van der Waals surface area contributed by atoms with E-state index in [2.05, 4.69) is 9.97 Å². The van der Waals surface area contributed by atoms with Gasteiger partial charge < -0.3 is 10.5 Å². The minimum absolute atomic E-state index is 0.0804. The number of methoxy groups -OCH3 is 1. The molecular formula is C9H7BClN3O. The molecule has 0 saturated carbocycles. The molecule has 4 nitrogen and oxygen atoms in total. The lowest BCUT2D eigenvalue weighted by Gasteiger charge is -2.07. The predicted octanol–water partition coefficient (Wildman–Crippen LogP) is 0.668. The third-order valence-electron chi connectivity index (χ3n) is 2.04. The number of anilines is 1. The third-order valence-corrected chi connectivity index (χ3v) is 2.21. The summed E-state index contributed by atoms with van der Waals surface area (Å²) >= 11 is 5.68. The highest BCUT2D eigenvalue weighted by molar-refractivity contribution is 6.39. The molecule has 0 aliphatic carbocycles. The van der Waals surface area contributed by atoms with E-state index in [0.717, 1.165) is 0 Å². The molecule has 0 saturated heterocycles. The maximum Gasteiger partial charge on any atom is 0.224 e. The smallest absolute Gasteiger partial charge is 0.224 e. The quantitative estimate of drug-likeness (QED) is 0.566. The van der Waals surface area contributed by atoms with Crippen LogP contribution in [-0.2, 0) is 0 Å². The maximum atomic E-state index is 5.79. The van der Waals surface area contributed by atoms with Gasteiger partial charge in [-0.3, -0.25) is 0 Å². The fraction of sp³-hybridized carbons (Fsp3) is 0.111. The highest BCUT2D eigenvalue weighted by Gasteiger charge is 2.07. The number of hydrogen-bond donors (Lipinski definition) is 1. The van der Waals surface area contributed by atoms with Gasteiger partial charge in [-0.2, -0.15) is 0 Å². The lowest BCUT2D eigenvalue weighted by Crippen LogP contribution is -2.09. The highest BCUT2D eigenvalue weighted by atomic mass is 35.5. The summed E-state index contributed by atoms with van der Waals surface area (Å²) in [6.07, 6.45) is 0. The van der Waals surface area contributed by atoms with Crippen molar-refractivity contribution < 1.29 is 4.74 Å². The van der Waals surface area contributed by atoms with Gasteiger partial charge in [-0.05, 0) is 23.7 Å². The van der Waals surface area contributed by atoms with Crippen molar-refractivity contribution in [1.29, 1.82) is 0 Å². The van der Waals surface area contributed by atoms with Crippen LogP contribution >= 0.6 is 11.6 Å². The van der Waals surface area contributed by atoms with Crippen molar-refractivity contribution in [2.75, 3.05) is 12.8 Å². The molecule has 2 N–H and O–H groups in total. The summed E-state index contributed by atoms with van der Waals surface area (Å²) in [4.78, 5) is 7.84. The van der Waals surface area contributed by atoms with Crippen LogP contribution in [0.3, 0.4) is 0 Å². The number of hydrogen-bond acceptors (Lipinski definition) is 4. The minimum Gasteiger partial charge on any atom is -0.497 e. The molecule has 2 rings (SSSR count). The second kappa shape index (κ2) is 3.58. The summed E-state index contributed by atoms with van der Waals surface area (Å²) < 4.78 is 5.06. The molecule has 0 fully saturated rings. The molecule has 1 aromatic carbocycles. The van der Waals surface area contributed by atoms with E-state index in [9.17, 15) is 0 Å². The van der Waals surface area contributed by atoms with E-state index < -0.39 is 0 Å². The molecule has 0 bridgehead atoms. The monoisotopic (exact) mass is 219 g/mol. The van der Waals surface area contributed by atoms with Gasteiger partial charge in [-0.25, -0.2) is 9.97 Å². The zero-order valence-corrected chi connectivity index (χ0v) is 8.75. The van der Waals surface area contributed by atoms with Crippen LogP contribution in [0.2, 0.25) is 5.28 Å². The lowest BCUT2D eigenvalue weighted by molar-refractivity contribution is 0.416. The van der Waals surface area contributed by atoms with Crippen LogP contribution < -0.4 is 15.9 Å². The number of nitrogens with zero attached hydrogens (tertiary/aromatic N) is 2. The number of nitrogens with two attached hydrogens (primary N) is 1. The summed E-state index contributed by atoms with van der Waals surface area (Å²) in [7, 11) is 7.34. The molecule has 0 unspecified atom stereocenters. The Balaban J connectivity index is 2.85. The molecule has 15 heavy (non-hydrogen) atoms. The zero-order chi connectivity index (χ0) is 11.0. The molecule has 0 aliphatic rings. The number of benzene rings is 1. The summed E-state index contributed by atoms with van der Waals surface area (Å²) in [5, 5.41) is 0.716. The first kappa shape index (κ1) is 10.0. The van der Waals surface area contributed by atoms with Crippen molar-refractivity contribution in [2.45, 2.75) is 0 Å². The minimum atomic E-state index is 0.0804. The van der Waals surface area contributed by atoms with Crippen molar-refractivity contribution >= 4 is 41.6 Å². The van der Waals surface area contributed by atoms with Crippen molar-refractivity contribution in [3.8, 4) is 5.75 Å². The van der Waals surface area contributed by atoms with E-state index in [1.165, 1.54) is 0 Å². The largest absolute Gasteiger partial charge is 0.497 e. The Morgan fingerprint density at radius 2 is 2.13 bits per heavy atom. The van der Waals surface area contributed by atoms with E-state index >= 15 is 0 Å². The number of nitrogen functional groups attached to an aromatic ring is 1. The Labute approximate surface area is 92.8 Å². The number of fused-ring (bicyclic) bond motifs is 1. The first-order chi connectivity index (χ1) is 7.11. The summed E-state index contributed by atoms with van der Waals surface area (Å²) in [6.45, 7) is 0. The molecule has 2 aromatic rings. The number of rotatable bonds is 1. The third kappa shape index (κ3) is 1.70. The first-order valence-electron chi connectivity index (χ1n) is 4.18. The number of halogens is 1. The van der Waals surface area contributed by atoms with Gasteiger partial charge >= 0.3 is 0 Å². The summed E-state index contributed by atoms with van der Waals surface area (Å²) in [5.41, 5.74) is 6.70. The highest BCUT2D eigenvalue weighted by Crippen LogP contribution is 2.22. The van der Waals surface area contributed by atoms with Gasteiger partial charge in [0.2, 0.25) is 5.28 Å². The molecule has 1 aromatic heterocycles. The van der Waals surface area contributed by atoms with Crippen LogP contribution in [0, 0.1) is 0 Å². The Bertz CT molecular complexity index is 532. The van der Waals surface area contributed by atoms with Crippen molar-refractivity contribution in [1.82, 2.24) is 9.97 Å². The maximum absolute atomic E-state index is 5.79. The molecule has 0 atom stereocenters. The van der Waals surface area contributed by atoms with Crippen LogP contribution in [0.1, 0.15) is 0 Å². The number of ether oxygens (including phenoxy) is 1. The SMILES string of the molecule is [B]c1cc(OC)cc2c(N)nc(Cl)nc12. The van der Waals surface area contributed by atoms with Crippen LogP contribution in [-0.4, -0.2) is 24.9 Å². The van der Waals surface area contributed by atoms with Gasteiger partial charge in [-0.1, -0.05) is 5.46 Å². The van der Waals surface area contributed by atoms with Crippen LogP contribution in [0.25, 0.3) is 10.9 Å². The van der Waals surface area contributed by atoms with E-state index in [-0.39, 0.29) is 11.1 Å². The van der Waals surface area contributed by atoms with Gasteiger partial charge in [-0.15, -0.1) is 0 Å². The summed E-state index contributed by atoms with van der Waals surface area (Å²) in [5.74, 6) is 0.897. The van der Waals surface area contributed by atoms with Gasteiger partial charge in [0.15, 0.2) is 0 Å². The second-order valence-electron chi connectivity index (χ2n) is 2.99. The predicted molar refractivity (Wildman–Crippen MR) is 60.9 cm³/mol. The molecule has 74 valence electrons. The van der Waals surface area contributed by atoms with Gasteiger partial charge in [0.05, 0.1) is 12.6 Å². The van der Waals surface area contributed by atoms with E-state index in [1.54, 1.807) is 19.2 Å². The topological polar surface area (TPSA) is 61.0 Å². The van der Waals surface area contributed by atoms with Crippen molar-refractivity contribution in [2.24, 2.45) is 0 Å². The van der Waals surface area contributed by atoms with Gasteiger partial charge in [0.25, 0.3) is 0 Å². The van der Waals surface area contributed by atoms with E-state index in [0.29, 0.717) is 22.1 Å². The average molecular weight is 219 g/mol. The van der Waals surface area contributed by atoms with Crippen LogP contribution in [0.4, 0.5) is 5.82 Å². The molecule has 0 amide bonds. The van der Waals surface area contributed by atoms with Gasteiger partial charge in [0.1, 0.15) is 19.4 Å². The standard InChI is InChI=1S/C9H7BClN3O/c1-15-4-2-5-7(6(10)3-4)13-9(11)14-8(5)12/h2-3H,1H3,(H2,12,13,14). The lowest BCUT2D eigenvalue weighted by atomic mass is 9.93. The fourth-order valence-electron chi connectivity index (χ4n) is 1.34. The molecule has 0 aliphatic heterocycles. The Morgan fingerprint density at radius 1 is 1.40 bits per heavy atom. The fourth-order valence-corrected chi connectivity index (χ4v) is 1.52. The van der Waals surface area contributed by atoms with Crippen LogP contribution in [0.5, 0.6) is 5.75 Å². The van der Waals surface area contributed by atoms with Crippen molar-refractivity contribution in [3.05, 3.63) is 17.4 Å². The van der Waals surface area contributed by atoms with E-state index in [4.69, 9.17) is 29.9 Å². The Morgan fingerprint density at radius 3 is 2.80 bits per heavy atom. The Kier molecular flexibility index (Phi) is 2.40. The molecular weight excluding hydrogens is 212 g/mol. The first-order valence-corrected chi connectivity index (χ1v) is 4.56. The second-order valence-corrected chi connectivity index (χ2v) is 3.33. The van der Waals surface area contributed by atoms with Crippen molar-refractivity contribution in [3.63, 3.8) is 0 Å².